The SMILES string of the molecule is COC(=O)c1ccc(C)c(NC(=O)c2cc(-c3cc(C)sc3C)nc3onc(C)c23)c1. The molecule has 7 nitrogen and oxygen atoms in total. The molecule has 4 rings (SSSR count). The lowest BCUT2D eigenvalue weighted by atomic mass is 10.0. The van der Waals surface area contributed by atoms with Crippen LogP contribution < -0.4 is 5.32 Å². The number of amides is 1. The second-order valence-corrected chi connectivity index (χ2v) is 8.77. The molecular formula is C23H21N3O4S. The van der Waals surface area contributed by atoms with Crippen LogP contribution in [0, 0.1) is 27.7 Å². The first-order valence-corrected chi connectivity index (χ1v) is 10.4. The van der Waals surface area contributed by atoms with Crippen molar-refractivity contribution in [1.29, 1.82) is 0 Å². The predicted molar refractivity (Wildman–Crippen MR) is 120 cm³/mol. The van der Waals surface area contributed by atoms with E-state index in [1.165, 1.54) is 7.11 Å². The van der Waals surface area contributed by atoms with E-state index in [4.69, 9.17) is 9.26 Å². The summed E-state index contributed by atoms with van der Waals surface area (Å²) >= 11 is 1.67. The molecule has 0 saturated heterocycles. The molecule has 158 valence electrons. The maximum atomic E-state index is 13.3. The van der Waals surface area contributed by atoms with E-state index in [-0.39, 0.29) is 5.91 Å². The van der Waals surface area contributed by atoms with Gasteiger partial charge in [0.05, 0.1) is 35.0 Å². The Labute approximate surface area is 183 Å². The van der Waals surface area contributed by atoms with Gasteiger partial charge in [-0.3, -0.25) is 4.79 Å². The van der Waals surface area contributed by atoms with E-state index >= 15 is 0 Å². The van der Waals surface area contributed by atoms with Gasteiger partial charge < -0.3 is 14.6 Å². The number of hydrogen-bond donors (Lipinski definition) is 1. The highest BCUT2D eigenvalue weighted by Crippen LogP contribution is 2.33. The van der Waals surface area contributed by atoms with Crippen molar-refractivity contribution in [3.05, 3.63) is 62.5 Å². The van der Waals surface area contributed by atoms with Crippen LogP contribution in [0.3, 0.4) is 0 Å². The van der Waals surface area contributed by atoms with Gasteiger partial charge in [-0.05, 0) is 57.5 Å². The van der Waals surface area contributed by atoms with E-state index in [1.807, 2.05) is 26.8 Å². The van der Waals surface area contributed by atoms with Crippen molar-refractivity contribution in [2.75, 3.05) is 12.4 Å². The zero-order valence-electron chi connectivity index (χ0n) is 17.8. The minimum atomic E-state index is -0.470. The zero-order valence-corrected chi connectivity index (χ0v) is 18.6. The van der Waals surface area contributed by atoms with Crippen molar-refractivity contribution in [2.45, 2.75) is 27.7 Å². The van der Waals surface area contributed by atoms with Gasteiger partial charge >= 0.3 is 5.97 Å². The lowest BCUT2D eigenvalue weighted by molar-refractivity contribution is 0.0600. The number of carbonyl (C=O) groups is 2. The highest BCUT2D eigenvalue weighted by Gasteiger charge is 2.21. The van der Waals surface area contributed by atoms with E-state index in [0.717, 1.165) is 20.9 Å². The van der Waals surface area contributed by atoms with Crippen LogP contribution in [-0.2, 0) is 4.74 Å². The molecule has 0 bridgehead atoms. The lowest BCUT2D eigenvalue weighted by Crippen LogP contribution is -2.15. The van der Waals surface area contributed by atoms with Crippen LogP contribution in [0.25, 0.3) is 22.4 Å². The van der Waals surface area contributed by atoms with E-state index in [1.54, 1.807) is 42.5 Å². The van der Waals surface area contributed by atoms with Gasteiger partial charge in [-0.15, -0.1) is 11.3 Å². The first-order chi connectivity index (χ1) is 14.8. The number of esters is 1. The molecule has 0 aliphatic rings. The molecule has 0 saturated carbocycles. The third-order valence-electron chi connectivity index (χ3n) is 5.09. The number of fused-ring (bicyclic) bond motifs is 1. The van der Waals surface area contributed by atoms with E-state index in [2.05, 4.69) is 15.5 Å². The summed E-state index contributed by atoms with van der Waals surface area (Å²) in [6.45, 7) is 7.67. The molecule has 3 heterocycles. The Bertz CT molecular complexity index is 1340. The van der Waals surface area contributed by atoms with Gasteiger partial charge in [0.15, 0.2) is 0 Å². The lowest BCUT2D eigenvalue weighted by Gasteiger charge is -2.11. The molecule has 4 aromatic rings. The van der Waals surface area contributed by atoms with Crippen LogP contribution in [0.2, 0.25) is 0 Å². The monoisotopic (exact) mass is 435 g/mol. The van der Waals surface area contributed by atoms with Gasteiger partial charge in [-0.25, -0.2) is 9.78 Å². The highest BCUT2D eigenvalue weighted by molar-refractivity contribution is 7.12. The van der Waals surface area contributed by atoms with Crippen LogP contribution >= 0.6 is 11.3 Å². The molecule has 8 heteroatoms. The molecule has 0 fully saturated rings. The van der Waals surface area contributed by atoms with Gasteiger partial charge in [0, 0.05) is 21.0 Å². The number of ether oxygens (including phenoxy) is 1. The number of nitrogens with one attached hydrogen (secondary N) is 1. The molecule has 0 radical (unpaired) electrons. The topological polar surface area (TPSA) is 94.3 Å². The molecular weight excluding hydrogens is 414 g/mol. The van der Waals surface area contributed by atoms with E-state index in [9.17, 15) is 9.59 Å². The Hall–Kier alpha value is -3.52. The van der Waals surface area contributed by atoms with Crippen LogP contribution in [0.5, 0.6) is 0 Å². The maximum Gasteiger partial charge on any atom is 0.337 e. The molecule has 0 unspecified atom stereocenters. The first kappa shape index (κ1) is 20.7. The number of aromatic nitrogens is 2. The van der Waals surface area contributed by atoms with Crippen molar-refractivity contribution >= 4 is 40.0 Å². The van der Waals surface area contributed by atoms with Gasteiger partial charge in [-0.1, -0.05) is 11.2 Å². The van der Waals surface area contributed by atoms with Gasteiger partial charge in [0.25, 0.3) is 11.6 Å². The third-order valence-corrected chi connectivity index (χ3v) is 6.05. The molecule has 0 spiro atoms. The number of nitrogens with zero attached hydrogens (tertiary/aromatic N) is 2. The van der Waals surface area contributed by atoms with E-state index < -0.39 is 5.97 Å². The molecule has 0 aliphatic carbocycles. The number of rotatable bonds is 4. The predicted octanol–water partition coefficient (Wildman–Crippen LogP) is 5.22. The Kier molecular flexibility index (Phi) is 5.32. The van der Waals surface area contributed by atoms with Gasteiger partial charge in [0.1, 0.15) is 0 Å². The number of pyridine rings is 1. The summed E-state index contributed by atoms with van der Waals surface area (Å²) in [5, 5.41) is 7.47. The number of anilines is 1. The molecule has 1 aromatic carbocycles. The molecule has 0 aliphatic heterocycles. The molecule has 3 aromatic heterocycles. The smallest absolute Gasteiger partial charge is 0.337 e. The fourth-order valence-electron chi connectivity index (χ4n) is 3.49. The normalized spacial score (nSPS) is 11.0. The number of thiophene rings is 1. The first-order valence-electron chi connectivity index (χ1n) is 9.63. The van der Waals surface area contributed by atoms with Crippen LogP contribution in [0.4, 0.5) is 5.69 Å². The average Bonchev–Trinajstić information content (AvgIpc) is 3.29. The van der Waals surface area contributed by atoms with Crippen molar-refractivity contribution in [2.24, 2.45) is 0 Å². The number of methoxy groups -OCH3 is 1. The zero-order chi connectivity index (χ0) is 22.3. The summed E-state index contributed by atoms with van der Waals surface area (Å²) in [6.07, 6.45) is 0. The largest absolute Gasteiger partial charge is 0.465 e. The maximum absolute atomic E-state index is 13.3. The Balaban J connectivity index is 1.80. The summed E-state index contributed by atoms with van der Waals surface area (Å²) in [7, 11) is 1.32. The standard InChI is InChI=1S/C23H21N3O4S/c1-11-6-7-15(23(28)29-5)9-18(11)24-21(27)17-10-19(16-8-12(2)31-14(16)4)25-22-20(17)13(3)26-30-22/h6-10H,1-5H3,(H,24,27). The molecule has 1 amide bonds. The Morgan fingerprint density at radius 3 is 2.55 bits per heavy atom. The fourth-order valence-corrected chi connectivity index (χ4v) is 4.42. The summed E-state index contributed by atoms with van der Waals surface area (Å²) in [5.74, 6) is -0.808. The minimum absolute atomic E-state index is 0.309. The minimum Gasteiger partial charge on any atom is -0.465 e. The van der Waals surface area contributed by atoms with E-state index in [0.29, 0.717) is 39.3 Å². The van der Waals surface area contributed by atoms with Crippen molar-refractivity contribution in [3.8, 4) is 11.3 Å². The van der Waals surface area contributed by atoms with Crippen LogP contribution in [-0.4, -0.2) is 29.1 Å². The highest BCUT2D eigenvalue weighted by atomic mass is 32.1. The molecule has 31 heavy (non-hydrogen) atoms. The van der Waals surface area contributed by atoms with Crippen molar-refractivity contribution in [1.82, 2.24) is 10.1 Å². The van der Waals surface area contributed by atoms with Crippen molar-refractivity contribution < 1.29 is 18.8 Å². The van der Waals surface area contributed by atoms with Crippen LogP contribution in [0.1, 0.15) is 41.7 Å². The average molecular weight is 436 g/mol. The number of aryl methyl sites for hydroxylation is 4. The van der Waals surface area contributed by atoms with Gasteiger partial charge in [-0.2, -0.15) is 0 Å². The Morgan fingerprint density at radius 1 is 1.10 bits per heavy atom. The fraction of sp³-hybridized carbons (Fsp3) is 0.217. The van der Waals surface area contributed by atoms with Gasteiger partial charge in [0.2, 0.25) is 0 Å². The quantitative estimate of drug-likeness (QED) is 0.442. The summed E-state index contributed by atoms with van der Waals surface area (Å²) in [4.78, 5) is 32.1. The number of hydrogen-bond acceptors (Lipinski definition) is 7. The second kappa shape index (κ2) is 7.96. The summed E-state index contributed by atoms with van der Waals surface area (Å²) < 4.78 is 10.2. The molecule has 0 atom stereocenters. The number of benzene rings is 1. The molecule has 1 N–H and O–H groups in total. The Morgan fingerprint density at radius 2 is 1.87 bits per heavy atom. The third kappa shape index (κ3) is 3.82. The summed E-state index contributed by atoms with van der Waals surface area (Å²) in [5.41, 5.74) is 4.60. The second-order valence-electron chi connectivity index (χ2n) is 7.31. The number of carbonyl (C=O) groups excluding carboxylic acids is 2. The summed E-state index contributed by atoms with van der Waals surface area (Å²) in [6, 6.07) is 8.83. The van der Waals surface area contributed by atoms with Crippen molar-refractivity contribution in [3.63, 3.8) is 0 Å². The van der Waals surface area contributed by atoms with Crippen LogP contribution in [0.15, 0.2) is 34.9 Å².